The molecule has 2 fully saturated rings. The van der Waals surface area contributed by atoms with Gasteiger partial charge in [-0.2, -0.15) is 0 Å². The Bertz CT molecular complexity index is 364. The second-order valence-corrected chi connectivity index (χ2v) is 6.58. The van der Waals surface area contributed by atoms with Crippen LogP contribution in [0.1, 0.15) is 58.3 Å². The van der Waals surface area contributed by atoms with Gasteiger partial charge in [-0.1, -0.05) is 26.2 Å². The van der Waals surface area contributed by atoms with Gasteiger partial charge in [0.25, 0.3) is 0 Å². The highest BCUT2D eigenvalue weighted by Crippen LogP contribution is 2.38. The molecule has 0 aromatic heterocycles. The van der Waals surface area contributed by atoms with Crippen molar-refractivity contribution in [1.82, 2.24) is 5.32 Å². The topological polar surface area (TPSA) is 81.4 Å². The predicted octanol–water partition coefficient (Wildman–Crippen LogP) is 1.50. The number of nitrogens with two attached hydrogens (primary N) is 1. The van der Waals surface area contributed by atoms with Crippen molar-refractivity contribution >= 4 is 11.8 Å². The Balaban J connectivity index is 1.69. The minimum absolute atomic E-state index is 0.0735. The van der Waals surface area contributed by atoms with E-state index in [4.69, 9.17) is 10.5 Å². The fourth-order valence-corrected chi connectivity index (χ4v) is 3.33. The summed E-state index contributed by atoms with van der Waals surface area (Å²) in [6, 6.07) is 0. The Morgan fingerprint density at radius 3 is 2.55 bits per heavy atom. The zero-order valence-corrected chi connectivity index (χ0v) is 12.3. The first-order chi connectivity index (χ1) is 9.48. The normalized spacial score (nSPS) is 29.1. The van der Waals surface area contributed by atoms with Crippen LogP contribution in [-0.2, 0) is 14.3 Å². The lowest BCUT2D eigenvalue weighted by Crippen LogP contribution is -2.37. The number of amides is 2. The Hall–Kier alpha value is -1.10. The molecule has 0 unspecified atom stereocenters. The van der Waals surface area contributed by atoms with E-state index in [0.717, 1.165) is 19.3 Å². The Labute approximate surface area is 120 Å². The molecule has 5 heteroatoms. The van der Waals surface area contributed by atoms with Gasteiger partial charge in [0.2, 0.25) is 11.8 Å². The fourth-order valence-electron chi connectivity index (χ4n) is 3.33. The van der Waals surface area contributed by atoms with Gasteiger partial charge in [-0.25, -0.2) is 0 Å². The van der Waals surface area contributed by atoms with Crippen LogP contribution in [0.15, 0.2) is 0 Å². The van der Waals surface area contributed by atoms with Crippen molar-refractivity contribution in [3.63, 3.8) is 0 Å². The molecule has 1 aliphatic carbocycles. The van der Waals surface area contributed by atoms with Crippen molar-refractivity contribution in [2.24, 2.45) is 11.1 Å². The lowest BCUT2D eigenvalue weighted by molar-refractivity contribution is -0.129. The molecule has 0 spiro atoms. The summed E-state index contributed by atoms with van der Waals surface area (Å²) in [5.41, 5.74) is 5.37. The number of carbonyl (C=O) groups excluding carboxylic acids is 2. The number of rotatable bonds is 5. The second kappa shape index (κ2) is 6.57. The maximum absolute atomic E-state index is 12.0. The highest BCUT2D eigenvalue weighted by molar-refractivity contribution is 5.79. The van der Waals surface area contributed by atoms with Crippen LogP contribution in [0.2, 0.25) is 0 Å². The molecule has 114 valence electrons. The zero-order chi connectivity index (χ0) is 14.6. The minimum Gasteiger partial charge on any atom is -0.367 e. The summed E-state index contributed by atoms with van der Waals surface area (Å²) in [6.45, 7) is 2.69. The average Bonchev–Trinajstić information content (AvgIpc) is 2.85. The van der Waals surface area contributed by atoms with Crippen LogP contribution in [0.25, 0.3) is 0 Å². The van der Waals surface area contributed by atoms with Gasteiger partial charge < -0.3 is 15.8 Å². The van der Waals surface area contributed by atoms with E-state index >= 15 is 0 Å². The van der Waals surface area contributed by atoms with Crippen molar-refractivity contribution in [1.29, 1.82) is 0 Å². The number of hydrogen-bond acceptors (Lipinski definition) is 3. The van der Waals surface area contributed by atoms with Crippen molar-refractivity contribution in [2.45, 2.75) is 70.5 Å². The van der Waals surface area contributed by atoms with Crippen molar-refractivity contribution < 1.29 is 14.3 Å². The van der Waals surface area contributed by atoms with Gasteiger partial charge in [0.05, 0.1) is 6.10 Å². The zero-order valence-electron chi connectivity index (χ0n) is 12.3. The van der Waals surface area contributed by atoms with Gasteiger partial charge in [-0.15, -0.1) is 0 Å². The highest BCUT2D eigenvalue weighted by atomic mass is 16.5. The van der Waals surface area contributed by atoms with Crippen LogP contribution in [0.3, 0.4) is 0 Å². The molecule has 2 aliphatic rings. The van der Waals surface area contributed by atoms with E-state index < -0.39 is 12.0 Å². The number of primary amides is 1. The molecule has 0 aromatic rings. The third-order valence-electron chi connectivity index (χ3n) is 4.60. The minimum atomic E-state index is -0.479. The Kier molecular flexibility index (Phi) is 5.02. The molecule has 0 bridgehead atoms. The van der Waals surface area contributed by atoms with E-state index in [0.29, 0.717) is 19.4 Å². The highest BCUT2D eigenvalue weighted by Gasteiger charge is 2.31. The quantitative estimate of drug-likeness (QED) is 0.801. The van der Waals surface area contributed by atoms with Crippen LogP contribution in [0.4, 0.5) is 0 Å². The van der Waals surface area contributed by atoms with Gasteiger partial charge >= 0.3 is 0 Å². The maximum atomic E-state index is 12.0. The summed E-state index contributed by atoms with van der Waals surface area (Å²) in [5, 5.41) is 2.94. The summed E-state index contributed by atoms with van der Waals surface area (Å²) in [7, 11) is 0. The third kappa shape index (κ3) is 4.20. The fraction of sp³-hybridized carbons (Fsp3) is 0.867. The summed E-state index contributed by atoms with van der Waals surface area (Å²) in [5.74, 6) is -0.311. The first-order valence-corrected chi connectivity index (χ1v) is 7.70. The molecular formula is C15H26N2O3. The molecule has 0 aromatic carbocycles. The predicted molar refractivity (Wildman–Crippen MR) is 75.9 cm³/mol. The Morgan fingerprint density at radius 1 is 1.25 bits per heavy atom. The molecule has 1 heterocycles. The van der Waals surface area contributed by atoms with Crippen LogP contribution in [0.5, 0.6) is 0 Å². The van der Waals surface area contributed by atoms with Crippen molar-refractivity contribution in [3.05, 3.63) is 0 Å². The van der Waals surface area contributed by atoms with E-state index in [2.05, 4.69) is 12.2 Å². The lowest BCUT2D eigenvalue weighted by Gasteiger charge is -2.33. The SMILES string of the molecule is CC1(CC(=O)NC[C@H]2CC[C@H](C(N)=O)O2)CCCCC1. The van der Waals surface area contributed by atoms with E-state index in [1.807, 2.05) is 0 Å². The smallest absolute Gasteiger partial charge is 0.246 e. The Morgan fingerprint density at radius 2 is 1.95 bits per heavy atom. The van der Waals surface area contributed by atoms with E-state index in [-0.39, 0.29) is 17.4 Å². The second-order valence-electron chi connectivity index (χ2n) is 6.58. The third-order valence-corrected chi connectivity index (χ3v) is 4.60. The molecule has 5 nitrogen and oxygen atoms in total. The first kappa shape index (κ1) is 15.3. The maximum Gasteiger partial charge on any atom is 0.246 e. The van der Waals surface area contributed by atoms with Crippen LogP contribution < -0.4 is 11.1 Å². The van der Waals surface area contributed by atoms with Gasteiger partial charge in [0.1, 0.15) is 6.10 Å². The van der Waals surface area contributed by atoms with Gasteiger partial charge in [-0.05, 0) is 31.1 Å². The molecular weight excluding hydrogens is 256 g/mol. The van der Waals surface area contributed by atoms with Crippen molar-refractivity contribution in [2.75, 3.05) is 6.54 Å². The molecule has 0 radical (unpaired) electrons. The lowest BCUT2D eigenvalue weighted by atomic mass is 9.73. The largest absolute Gasteiger partial charge is 0.367 e. The number of nitrogens with one attached hydrogen (secondary N) is 1. The first-order valence-electron chi connectivity index (χ1n) is 7.70. The van der Waals surface area contributed by atoms with Crippen molar-refractivity contribution in [3.8, 4) is 0 Å². The molecule has 2 amide bonds. The number of hydrogen-bond donors (Lipinski definition) is 2. The summed E-state index contributed by atoms with van der Waals surface area (Å²) in [4.78, 5) is 23.0. The molecule has 20 heavy (non-hydrogen) atoms. The standard InChI is InChI=1S/C15H26N2O3/c1-15(7-3-2-4-8-15)9-13(18)17-10-11-5-6-12(20-11)14(16)19/h11-12H,2-10H2,1H3,(H2,16,19)(H,17,18)/t11-,12-/m1/s1. The van der Waals surface area contributed by atoms with E-state index in [1.54, 1.807) is 0 Å². The molecule has 1 saturated carbocycles. The molecule has 2 atom stereocenters. The summed E-state index contributed by atoms with van der Waals surface area (Å²) in [6.07, 6.45) is 7.53. The number of carbonyl (C=O) groups is 2. The van der Waals surface area contributed by atoms with Gasteiger partial charge in [-0.3, -0.25) is 9.59 Å². The van der Waals surface area contributed by atoms with E-state index in [1.165, 1.54) is 19.3 Å². The average molecular weight is 282 g/mol. The number of ether oxygens (including phenoxy) is 1. The monoisotopic (exact) mass is 282 g/mol. The van der Waals surface area contributed by atoms with Gasteiger partial charge in [0.15, 0.2) is 0 Å². The van der Waals surface area contributed by atoms with E-state index in [9.17, 15) is 9.59 Å². The van der Waals surface area contributed by atoms with Crippen LogP contribution in [-0.4, -0.2) is 30.6 Å². The molecule has 2 rings (SSSR count). The summed E-state index contributed by atoms with van der Waals surface area (Å²) >= 11 is 0. The molecule has 3 N–H and O–H groups in total. The molecule has 1 aliphatic heterocycles. The van der Waals surface area contributed by atoms with Crippen LogP contribution in [0, 0.1) is 5.41 Å². The van der Waals surface area contributed by atoms with Crippen LogP contribution >= 0.6 is 0 Å². The molecule has 1 saturated heterocycles. The summed E-state index contributed by atoms with van der Waals surface area (Å²) < 4.78 is 5.50. The van der Waals surface area contributed by atoms with Gasteiger partial charge in [0, 0.05) is 13.0 Å².